The van der Waals surface area contributed by atoms with Gasteiger partial charge in [-0.05, 0) is 73.2 Å². The summed E-state index contributed by atoms with van der Waals surface area (Å²) in [5, 5.41) is 10.9. The molecule has 3 aromatic carbocycles. The van der Waals surface area contributed by atoms with Crippen LogP contribution in [-0.2, 0) is 20.7 Å². The highest BCUT2D eigenvalue weighted by Crippen LogP contribution is 2.26. The quantitative estimate of drug-likeness (QED) is 0.209. The van der Waals surface area contributed by atoms with Crippen molar-refractivity contribution in [2.45, 2.75) is 50.2 Å². The molecular formula is C30H35N5O4S. The molecular weight excluding hydrogens is 526 g/mol. The van der Waals surface area contributed by atoms with Crippen LogP contribution in [0.15, 0.2) is 76.6 Å². The predicted molar refractivity (Wildman–Crippen MR) is 158 cm³/mol. The van der Waals surface area contributed by atoms with E-state index < -0.39 is 12.0 Å². The summed E-state index contributed by atoms with van der Waals surface area (Å²) < 4.78 is 8.61. The number of ether oxygens (including phenoxy) is 1. The average molecular weight is 562 g/mol. The Kier molecular flexibility index (Phi) is 10.5. The molecule has 0 saturated heterocycles. The molecule has 4 rings (SSSR count). The first-order valence-corrected chi connectivity index (χ1v) is 14.3. The van der Waals surface area contributed by atoms with Crippen molar-refractivity contribution >= 4 is 46.5 Å². The second kappa shape index (κ2) is 14.5. The fourth-order valence-electron chi connectivity index (χ4n) is 4.10. The summed E-state index contributed by atoms with van der Waals surface area (Å²) in [7, 11) is 0. The van der Waals surface area contributed by atoms with Crippen LogP contribution >= 0.6 is 11.9 Å². The Morgan fingerprint density at radius 1 is 1.02 bits per heavy atom. The zero-order chi connectivity index (χ0) is 28.3. The van der Waals surface area contributed by atoms with Crippen LogP contribution in [0.5, 0.6) is 0 Å². The van der Waals surface area contributed by atoms with E-state index in [-0.39, 0.29) is 24.5 Å². The largest absolute Gasteiger partial charge is 0.462 e. The van der Waals surface area contributed by atoms with Crippen molar-refractivity contribution < 1.29 is 19.1 Å². The summed E-state index contributed by atoms with van der Waals surface area (Å²) in [6, 6.07) is 20.4. The lowest BCUT2D eigenvalue weighted by atomic mass is 10.1. The van der Waals surface area contributed by atoms with E-state index >= 15 is 0 Å². The molecule has 1 aliphatic heterocycles. The minimum Gasteiger partial charge on any atom is -0.462 e. The van der Waals surface area contributed by atoms with Crippen molar-refractivity contribution in [1.29, 1.82) is 0 Å². The van der Waals surface area contributed by atoms with Gasteiger partial charge in [-0.15, -0.1) is 0 Å². The fourth-order valence-corrected chi connectivity index (χ4v) is 4.99. The van der Waals surface area contributed by atoms with Crippen molar-refractivity contribution in [3.63, 3.8) is 0 Å². The second-order valence-corrected chi connectivity index (χ2v) is 10.6. The molecule has 3 aromatic rings. The van der Waals surface area contributed by atoms with Gasteiger partial charge in [0.05, 0.1) is 6.10 Å². The van der Waals surface area contributed by atoms with Gasteiger partial charge >= 0.3 is 5.97 Å². The molecule has 4 N–H and O–H groups in total. The summed E-state index contributed by atoms with van der Waals surface area (Å²) in [5.41, 5.74) is 1.41. The summed E-state index contributed by atoms with van der Waals surface area (Å²) in [6.45, 7) is 5.16. The fraction of sp³-hybridized carbons (Fsp3) is 0.333. The predicted octanol–water partition coefficient (Wildman–Crippen LogP) is 3.58. The van der Waals surface area contributed by atoms with Crippen LogP contribution in [0.1, 0.15) is 42.6 Å². The molecule has 210 valence electrons. The molecule has 0 spiro atoms. The molecule has 0 fully saturated rings. The van der Waals surface area contributed by atoms with Crippen LogP contribution in [0.25, 0.3) is 10.8 Å². The number of benzene rings is 3. The number of esters is 1. The topological polar surface area (TPSA) is 121 Å². The zero-order valence-electron chi connectivity index (χ0n) is 22.7. The maximum Gasteiger partial charge on any atom is 0.326 e. The first kappa shape index (κ1) is 29.1. The van der Waals surface area contributed by atoms with Crippen molar-refractivity contribution in [2.75, 3.05) is 19.6 Å². The van der Waals surface area contributed by atoms with E-state index in [0.29, 0.717) is 30.9 Å². The van der Waals surface area contributed by atoms with Gasteiger partial charge in [0.2, 0.25) is 5.91 Å². The molecule has 10 heteroatoms. The number of hydrogen-bond donors (Lipinski definition) is 4. The van der Waals surface area contributed by atoms with Gasteiger partial charge in [0.1, 0.15) is 6.04 Å². The minimum atomic E-state index is -0.753. The van der Waals surface area contributed by atoms with Crippen LogP contribution in [0.3, 0.4) is 0 Å². The Morgan fingerprint density at radius 2 is 1.80 bits per heavy atom. The van der Waals surface area contributed by atoms with Crippen LogP contribution < -0.4 is 20.7 Å². The number of hydrogen-bond acceptors (Lipinski definition) is 8. The first-order chi connectivity index (χ1) is 19.4. The number of carbonyl (C=O) groups excluding carboxylic acids is 3. The van der Waals surface area contributed by atoms with E-state index in [9.17, 15) is 14.4 Å². The SMILES string of the molecule is CC(C)OC(=O)C(CNC(=O)c1ccc(CCC(=O)NC2=NCCCN2)cc1)NSc1cccc2ccccc12. The van der Waals surface area contributed by atoms with Gasteiger partial charge in [-0.2, -0.15) is 0 Å². The van der Waals surface area contributed by atoms with E-state index in [1.807, 2.05) is 54.6 Å². The number of carbonyl (C=O) groups is 3. The molecule has 0 aliphatic carbocycles. The molecule has 0 aromatic heterocycles. The number of fused-ring (bicyclic) bond motifs is 1. The van der Waals surface area contributed by atoms with E-state index in [1.54, 1.807) is 26.0 Å². The van der Waals surface area contributed by atoms with Gasteiger partial charge in [0.25, 0.3) is 5.91 Å². The van der Waals surface area contributed by atoms with Crippen LogP contribution in [0.2, 0.25) is 0 Å². The van der Waals surface area contributed by atoms with Crippen LogP contribution in [-0.4, -0.2) is 55.5 Å². The summed E-state index contributed by atoms with van der Waals surface area (Å²) in [4.78, 5) is 43.1. The monoisotopic (exact) mass is 561 g/mol. The smallest absolute Gasteiger partial charge is 0.326 e. The van der Waals surface area contributed by atoms with Crippen molar-refractivity contribution in [2.24, 2.45) is 4.99 Å². The molecule has 40 heavy (non-hydrogen) atoms. The molecule has 1 aliphatic rings. The van der Waals surface area contributed by atoms with Crippen molar-refractivity contribution in [3.05, 3.63) is 77.9 Å². The van der Waals surface area contributed by atoms with E-state index in [4.69, 9.17) is 4.74 Å². The van der Waals surface area contributed by atoms with Crippen molar-refractivity contribution in [3.8, 4) is 0 Å². The normalized spacial score (nSPS) is 13.7. The molecule has 1 unspecified atom stereocenters. The third-order valence-electron chi connectivity index (χ3n) is 6.18. The van der Waals surface area contributed by atoms with Gasteiger partial charge in [-0.1, -0.05) is 48.5 Å². The average Bonchev–Trinajstić information content (AvgIpc) is 2.96. The van der Waals surface area contributed by atoms with Gasteiger partial charge in [0.15, 0.2) is 5.96 Å². The third kappa shape index (κ3) is 8.56. The third-order valence-corrected chi connectivity index (χ3v) is 7.15. The number of aryl methyl sites for hydroxylation is 1. The molecule has 0 radical (unpaired) electrons. The number of guanidine groups is 1. The zero-order valence-corrected chi connectivity index (χ0v) is 23.6. The van der Waals surface area contributed by atoms with Gasteiger partial charge in [-0.3, -0.25) is 24.7 Å². The molecule has 2 amide bonds. The first-order valence-electron chi connectivity index (χ1n) is 13.4. The second-order valence-electron chi connectivity index (χ2n) is 9.70. The highest BCUT2D eigenvalue weighted by molar-refractivity contribution is 7.97. The molecule has 1 atom stereocenters. The lowest BCUT2D eigenvalue weighted by molar-refractivity contribution is -0.149. The number of aliphatic imine (C=N–C) groups is 1. The highest BCUT2D eigenvalue weighted by atomic mass is 32.2. The Hall–Kier alpha value is -3.89. The molecule has 0 saturated carbocycles. The van der Waals surface area contributed by atoms with Crippen molar-refractivity contribution in [1.82, 2.24) is 20.7 Å². The Balaban J connectivity index is 1.31. The maximum absolute atomic E-state index is 12.9. The maximum atomic E-state index is 12.9. The van der Waals surface area contributed by atoms with Gasteiger partial charge < -0.3 is 15.4 Å². The lowest BCUT2D eigenvalue weighted by Crippen LogP contribution is -2.45. The van der Waals surface area contributed by atoms with E-state index in [1.165, 1.54) is 11.9 Å². The van der Waals surface area contributed by atoms with E-state index in [2.05, 4.69) is 25.7 Å². The summed E-state index contributed by atoms with van der Waals surface area (Å²) in [5.74, 6) is -0.317. The Bertz CT molecular complexity index is 1350. The number of nitrogens with zero attached hydrogens (tertiary/aromatic N) is 1. The minimum absolute atomic E-state index is 0.0575. The molecule has 9 nitrogen and oxygen atoms in total. The van der Waals surface area contributed by atoms with Crippen LogP contribution in [0.4, 0.5) is 0 Å². The summed E-state index contributed by atoms with van der Waals surface area (Å²) >= 11 is 1.34. The van der Waals surface area contributed by atoms with Crippen LogP contribution in [0, 0.1) is 0 Å². The standard InChI is InChI=1S/C30H35N5O4S/c1-20(2)39-29(38)25(35-40-26-10-5-8-22-7-3-4-9-24(22)26)19-33-28(37)23-14-11-21(12-15-23)13-16-27(36)34-30-31-17-6-18-32-30/h3-5,7-12,14-15,20,25,35H,6,13,16-19H2,1-2H3,(H,33,37)(H2,31,32,34,36). The number of amides is 2. The van der Waals surface area contributed by atoms with Gasteiger partial charge in [0, 0.05) is 36.5 Å². The number of rotatable bonds is 11. The Labute approximate surface area is 238 Å². The highest BCUT2D eigenvalue weighted by Gasteiger charge is 2.23. The van der Waals surface area contributed by atoms with E-state index in [0.717, 1.165) is 34.2 Å². The van der Waals surface area contributed by atoms with Gasteiger partial charge in [-0.25, -0.2) is 4.72 Å². The Morgan fingerprint density at radius 3 is 2.55 bits per heavy atom. The molecule has 1 heterocycles. The lowest BCUT2D eigenvalue weighted by Gasteiger charge is -2.19. The summed E-state index contributed by atoms with van der Waals surface area (Å²) in [6.07, 6.45) is 1.53. The number of nitrogens with one attached hydrogen (secondary N) is 4. The molecule has 0 bridgehead atoms.